The molecule has 5 nitrogen and oxygen atoms in total. The number of anilines is 2. The van der Waals surface area contributed by atoms with Gasteiger partial charge in [0.25, 0.3) is 5.91 Å². The zero-order valence-corrected chi connectivity index (χ0v) is 19.0. The number of likely N-dealkylation sites (N-methyl/N-ethyl adjacent to an activating group) is 1. The molecule has 2 atom stereocenters. The van der Waals surface area contributed by atoms with Crippen molar-refractivity contribution in [1.29, 1.82) is 0 Å². The Labute approximate surface area is 189 Å². The Morgan fingerprint density at radius 3 is 2.72 bits per heavy atom. The summed E-state index contributed by atoms with van der Waals surface area (Å²) in [4.78, 5) is 16.2. The van der Waals surface area contributed by atoms with Gasteiger partial charge in [-0.05, 0) is 62.1 Å². The lowest BCUT2D eigenvalue weighted by Crippen LogP contribution is -2.55. The number of carbonyl (C=O) groups is 1. The van der Waals surface area contributed by atoms with Crippen molar-refractivity contribution in [3.05, 3.63) is 58.9 Å². The van der Waals surface area contributed by atoms with Crippen molar-refractivity contribution < 1.29 is 9.18 Å². The van der Waals surface area contributed by atoms with Gasteiger partial charge in [0.2, 0.25) is 0 Å². The molecule has 2 aromatic carbocycles. The van der Waals surface area contributed by atoms with E-state index in [4.69, 9.17) is 0 Å². The summed E-state index contributed by atoms with van der Waals surface area (Å²) < 4.78 is 14.8. The third-order valence-electron chi connectivity index (χ3n) is 7.68. The number of nitrogens with one attached hydrogen (secondary N) is 3. The van der Waals surface area contributed by atoms with E-state index in [0.717, 1.165) is 61.3 Å². The van der Waals surface area contributed by atoms with Crippen LogP contribution in [0.5, 0.6) is 0 Å². The van der Waals surface area contributed by atoms with Crippen LogP contribution in [0, 0.1) is 18.7 Å². The maximum absolute atomic E-state index is 14.8. The van der Waals surface area contributed by atoms with Crippen LogP contribution < -0.4 is 16.0 Å². The molecule has 1 saturated heterocycles. The van der Waals surface area contributed by atoms with Crippen LogP contribution in [-0.4, -0.2) is 36.5 Å². The van der Waals surface area contributed by atoms with Crippen molar-refractivity contribution in [2.75, 3.05) is 30.8 Å². The Balaban J connectivity index is 1.45. The van der Waals surface area contributed by atoms with E-state index in [2.05, 4.69) is 40.0 Å². The summed E-state index contributed by atoms with van der Waals surface area (Å²) in [6.07, 6.45) is 5.99. The van der Waals surface area contributed by atoms with Crippen molar-refractivity contribution >= 4 is 17.3 Å². The van der Waals surface area contributed by atoms with Gasteiger partial charge in [-0.15, -0.1) is 0 Å². The minimum Gasteiger partial charge on any atom is -0.370 e. The lowest BCUT2D eigenvalue weighted by atomic mass is 9.72. The summed E-state index contributed by atoms with van der Waals surface area (Å²) in [7, 11) is 2.10. The molecule has 1 amide bonds. The molecule has 2 fully saturated rings. The van der Waals surface area contributed by atoms with Crippen LogP contribution in [0.15, 0.2) is 36.4 Å². The van der Waals surface area contributed by atoms with Crippen LogP contribution in [0.3, 0.4) is 0 Å². The van der Waals surface area contributed by atoms with Crippen LogP contribution in [0.4, 0.5) is 15.8 Å². The molecule has 32 heavy (non-hydrogen) atoms. The molecule has 2 aromatic rings. The van der Waals surface area contributed by atoms with E-state index in [9.17, 15) is 9.18 Å². The molecule has 1 aliphatic carbocycles. The highest BCUT2D eigenvalue weighted by Crippen LogP contribution is 2.45. The Kier molecular flexibility index (Phi) is 5.68. The van der Waals surface area contributed by atoms with E-state index >= 15 is 0 Å². The third kappa shape index (κ3) is 3.69. The van der Waals surface area contributed by atoms with Crippen molar-refractivity contribution in [2.45, 2.75) is 57.2 Å². The van der Waals surface area contributed by atoms with E-state index in [1.165, 1.54) is 12.5 Å². The minimum absolute atomic E-state index is 0.0516. The molecule has 3 N–H and O–H groups in total. The Hall–Kier alpha value is -2.44. The molecule has 3 aliphatic rings. The van der Waals surface area contributed by atoms with Crippen molar-refractivity contribution in [3.8, 4) is 0 Å². The number of nitrogens with zero attached hydrogens (tertiary/aromatic N) is 1. The highest BCUT2D eigenvalue weighted by atomic mass is 19.1. The number of amides is 1. The summed E-state index contributed by atoms with van der Waals surface area (Å²) in [5.74, 6) is -0.0847. The number of carbonyl (C=O) groups excluding carboxylic acids is 1. The fourth-order valence-electron chi connectivity index (χ4n) is 5.86. The smallest absolute Gasteiger partial charge is 0.250 e. The molecule has 2 heterocycles. The van der Waals surface area contributed by atoms with Crippen molar-refractivity contribution in [2.24, 2.45) is 5.92 Å². The van der Waals surface area contributed by atoms with Gasteiger partial charge in [-0.1, -0.05) is 37.5 Å². The molecule has 6 heteroatoms. The highest BCUT2D eigenvalue weighted by molar-refractivity contribution is 6.02. The van der Waals surface area contributed by atoms with Crippen LogP contribution in [0.2, 0.25) is 0 Å². The quantitative estimate of drug-likeness (QED) is 0.656. The van der Waals surface area contributed by atoms with Gasteiger partial charge in [0.1, 0.15) is 11.4 Å². The lowest BCUT2D eigenvalue weighted by Gasteiger charge is -2.39. The molecule has 170 valence electrons. The number of hydrogen-bond acceptors (Lipinski definition) is 4. The molecule has 0 spiro atoms. The van der Waals surface area contributed by atoms with Gasteiger partial charge in [-0.25, -0.2) is 4.39 Å². The SMILES string of the molecule is Cc1ccc(F)c2c1NC(C(=O)Nc1cccc(C3NCCN3C)c1)(C1CCCCC1)C2. The molecule has 0 radical (unpaired) electrons. The van der Waals surface area contributed by atoms with Gasteiger partial charge in [0.05, 0.1) is 6.17 Å². The number of hydrogen-bond donors (Lipinski definition) is 3. The maximum atomic E-state index is 14.8. The van der Waals surface area contributed by atoms with Crippen molar-refractivity contribution in [3.63, 3.8) is 0 Å². The van der Waals surface area contributed by atoms with E-state index in [-0.39, 0.29) is 23.8 Å². The standard InChI is InChI=1S/C26H33FN4O/c1-17-11-12-22(27)21-16-26(30-23(17)21,19-8-4-3-5-9-19)25(32)29-20-10-6-7-18(15-20)24-28-13-14-31(24)2/h6-7,10-12,15,19,24,28,30H,3-5,8-9,13-14,16H2,1-2H3,(H,29,32). The zero-order chi connectivity index (χ0) is 22.3. The van der Waals surface area contributed by atoms with Gasteiger partial charge < -0.3 is 10.6 Å². The highest BCUT2D eigenvalue weighted by Gasteiger charge is 2.50. The molecule has 2 unspecified atom stereocenters. The number of fused-ring (bicyclic) bond motifs is 1. The molecular formula is C26H33FN4O. The molecule has 1 saturated carbocycles. The second kappa shape index (κ2) is 8.49. The number of benzene rings is 2. The Morgan fingerprint density at radius 1 is 1.19 bits per heavy atom. The fraction of sp³-hybridized carbons (Fsp3) is 0.500. The van der Waals surface area contributed by atoms with Gasteiger partial charge in [0.15, 0.2) is 0 Å². The molecule has 2 aliphatic heterocycles. The Bertz CT molecular complexity index is 986. The van der Waals surface area contributed by atoms with E-state index in [1.807, 2.05) is 19.1 Å². The second-order valence-corrected chi connectivity index (χ2v) is 9.74. The average Bonchev–Trinajstić information content (AvgIpc) is 3.43. The lowest BCUT2D eigenvalue weighted by molar-refractivity contribution is -0.122. The Morgan fingerprint density at radius 2 is 2.00 bits per heavy atom. The number of aryl methyl sites for hydroxylation is 1. The first kappa shape index (κ1) is 21.4. The largest absolute Gasteiger partial charge is 0.370 e. The minimum atomic E-state index is -0.811. The summed E-state index contributed by atoms with van der Waals surface area (Å²) in [5.41, 5.74) is 3.56. The number of rotatable bonds is 4. The normalized spacial score (nSPS) is 26.0. The van der Waals surface area contributed by atoms with Gasteiger partial charge in [-0.3, -0.25) is 15.0 Å². The molecule has 5 rings (SSSR count). The van der Waals surface area contributed by atoms with Crippen LogP contribution >= 0.6 is 0 Å². The predicted octanol–water partition coefficient (Wildman–Crippen LogP) is 4.59. The van der Waals surface area contributed by atoms with E-state index < -0.39 is 5.54 Å². The van der Waals surface area contributed by atoms with Crippen LogP contribution in [-0.2, 0) is 11.2 Å². The van der Waals surface area contributed by atoms with Crippen molar-refractivity contribution in [1.82, 2.24) is 10.2 Å². The van der Waals surface area contributed by atoms with Gasteiger partial charge in [-0.2, -0.15) is 0 Å². The summed E-state index contributed by atoms with van der Waals surface area (Å²) in [6, 6.07) is 11.4. The maximum Gasteiger partial charge on any atom is 0.250 e. The van der Waals surface area contributed by atoms with Crippen LogP contribution in [0.1, 0.15) is 55.0 Å². The van der Waals surface area contributed by atoms with Crippen LogP contribution in [0.25, 0.3) is 0 Å². The van der Waals surface area contributed by atoms with E-state index in [1.54, 1.807) is 6.07 Å². The summed E-state index contributed by atoms with van der Waals surface area (Å²) in [5, 5.41) is 10.3. The van der Waals surface area contributed by atoms with Gasteiger partial charge >= 0.3 is 0 Å². The molecule has 0 aromatic heterocycles. The second-order valence-electron chi connectivity index (χ2n) is 9.74. The zero-order valence-electron chi connectivity index (χ0n) is 19.0. The average molecular weight is 437 g/mol. The topological polar surface area (TPSA) is 56.4 Å². The summed E-state index contributed by atoms with van der Waals surface area (Å²) >= 11 is 0. The monoisotopic (exact) mass is 436 g/mol. The third-order valence-corrected chi connectivity index (χ3v) is 7.68. The van der Waals surface area contributed by atoms with E-state index in [0.29, 0.717) is 12.0 Å². The fourth-order valence-corrected chi connectivity index (χ4v) is 5.86. The summed E-state index contributed by atoms with van der Waals surface area (Å²) in [6.45, 7) is 3.93. The molecular weight excluding hydrogens is 403 g/mol. The predicted molar refractivity (Wildman–Crippen MR) is 126 cm³/mol. The van der Waals surface area contributed by atoms with Gasteiger partial charge in [0, 0.05) is 36.4 Å². The number of halogens is 1. The molecule has 0 bridgehead atoms. The first-order chi connectivity index (χ1) is 15.5. The first-order valence-corrected chi connectivity index (χ1v) is 11.9. The first-order valence-electron chi connectivity index (χ1n) is 11.9.